The van der Waals surface area contributed by atoms with Gasteiger partial charge in [-0.1, -0.05) is 30.3 Å². The maximum atomic E-state index is 13.1. The lowest BCUT2D eigenvalue weighted by Gasteiger charge is -2.04. The first-order valence-corrected chi connectivity index (χ1v) is 7.35. The molecule has 2 aromatic carbocycles. The molecule has 1 heterocycles. The summed E-state index contributed by atoms with van der Waals surface area (Å²) in [5, 5.41) is 7.01. The molecule has 1 aromatic heterocycles. The molecule has 5 heteroatoms. The number of nitrogens with one attached hydrogen (secondary N) is 1. The topological polar surface area (TPSA) is 46.9 Å². The maximum Gasteiger partial charge on any atom is 0.254 e. The molecular weight excluding hydrogens is 293 g/mol. The molecule has 0 bridgehead atoms. The zero-order chi connectivity index (χ0) is 16.1. The van der Waals surface area contributed by atoms with Crippen LogP contribution in [0.15, 0.2) is 67.0 Å². The van der Waals surface area contributed by atoms with Gasteiger partial charge in [0.15, 0.2) is 0 Å². The number of halogens is 1. The van der Waals surface area contributed by atoms with Gasteiger partial charge in [-0.25, -0.2) is 9.07 Å². The quantitative estimate of drug-likeness (QED) is 0.787. The highest BCUT2D eigenvalue weighted by Gasteiger charge is 2.09. The summed E-state index contributed by atoms with van der Waals surface area (Å²) in [5.41, 5.74) is 2.24. The van der Waals surface area contributed by atoms with Crippen LogP contribution in [0.1, 0.15) is 15.9 Å². The summed E-state index contributed by atoms with van der Waals surface area (Å²) in [5.74, 6) is -0.457. The van der Waals surface area contributed by atoms with E-state index in [0.29, 0.717) is 18.5 Å². The molecule has 3 aromatic rings. The average molecular weight is 309 g/mol. The van der Waals surface area contributed by atoms with Gasteiger partial charge < -0.3 is 5.32 Å². The number of benzene rings is 2. The van der Waals surface area contributed by atoms with Crippen molar-refractivity contribution in [3.8, 4) is 5.69 Å². The van der Waals surface area contributed by atoms with Crippen LogP contribution in [-0.2, 0) is 6.42 Å². The number of carbonyl (C=O) groups is 1. The van der Waals surface area contributed by atoms with Crippen molar-refractivity contribution < 1.29 is 9.18 Å². The van der Waals surface area contributed by atoms with E-state index in [2.05, 4.69) is 10.4 Å². The second-order valence-corrected chi connectivity index (χ2v) is 5.14. The molecule has 0 aliphatic carbocycles. The van der Waals surface area contributed by atoms with Crippen molar-refractivity contribution in [2.75, 3.05) is 6.54 Å². The first-order chi connectivity index (χ1) is 11.2. The number of carbonyl (C=O) groups excluding carboxylic acids is 1. The molecule has 3 rings (SSSR count). The molecule has 0 saturated heterocycles. The Bertz CT molecular complexity index is 799. The van der Waals surface area contributed by atoms with Crippen LogP contribution < -0.4 is 5.32 Å². The summed E-state index contributed by atoms with van der Waals surface area (Å²) in [4.78, 5) is 12.1. The highest BCUT2D eigenvalue weighted by atomic mass is 19.1. The van der Waals surface area contributed by atoms with Crippen LogP contribution in [0.25, 0.3) is 5.69 Å². The fraction of sp³-hybridized carbons (Fsp3) is 0.111. The fourth-order valence-corrected chi connectivity index (χ4v) is 2.28. The molecule has 0 spiro atoms. The van der Waals surface area contributed by atoms with Gasteiger partial charge in [-0.15, -0.1) is 0 Å². The first-order valence-electron chi connectivity index (χ1n) is 7.35. The minimum absolute atomic E-state index is 0.191. The molecule has 116 valence electrons. The molecule has 0 atom stereocenters. The second kappa shape index (κ2) is 6.87. The summed E-state index contributed by atoms with van der Waals surface area (Å²) in [6, 6.07) is 16.0. The van der Waals surface area contributed by atoms with Crippen molar-refractivity contribution in [3.05, 3.63) is 83.9 Å². The van der Waals surface area contributed by atoms with Crippen molar-refractivity contribution in [2.45, 2.75) is 6.42 Å². The van der Waals surface area contributed by atoms with Gasteiger partial charge in [0, 0.05) is 12.7 Å². The lowest BCUT2D eigenvalue weighted by Crippen LogP contribution is -2.25. The van der Waals surface area contributed by atoms with E-state index in [1.165, 1.54) is 18.3 Å². The predicted octanol–water partition coefficient (Wildman–Crippen LogP) is 2.98. The number of nitrogens with zero attached hydrogens (tertiary/aromatic N) is 2. The van der Waals surface area contributed by atoms with E-state index in [-0.39, 0.29) is 11.7 Å². The molecule has 1 amide bonds. The van der Waals surface area contributed by atoms with Crippen molar-refractivity contribution in [2.24, 2.45) is 0 Å². The standard InChI is InChI=1S/C18H16FN3O/c19-16-6-4-5-14(11-16)9-10-20-18(23)15-12-21-22(13-15)17-7-2-1-3-8-17/h1-8,11-13H,9-10H2,(H,20,23). The van der Waals surface area contributed by atoms with Gasteiger partial charge in [-0.2, -0.15) is 5.10 Å². The number of amides is 1. The zero-order valence-corrected chi connectivity index (χ0v) is 12.4. The molecule has 0 aliphatic heterocycles. The summed E-state index contributed by atoms with van der Waals surface area (Å²) < 4.78 is 14.7. The van der Waals surface area contributed by atoms with Gasteiger partial charge in [0.25, 0.3) is 5.91 Å². The van der Waals surface area contributed by atoms with Crippen molar-refractivity contribution in [3.63, 3.8) is 0 Å². The van der Waals surface area contributed by atoms with Gasteiger partial charge >= 0.3 is 0 Å². The minimum Gasteiger partial charge on any atom is -0.352 e. The molecule has 23 heavy (non-hydrogen) atoms. The van der Waals surface area contributed by atoms with E-state index in [9.17, 15) is 9.18 Å². The minimum atomic E-state index is -0.266. The Morgan fingerprint density at radius 1 is 1.13 bits per heavy atom. The van der Waals surface area contributed by atoms with E-state index >= 15 is 0 Å². The monoisotopic (exact) mass is 309 g/mol. The molecule has 0 aliphatic rings. The lowest BCUT2D eigenvalue weighted by molar-refractivity contribution is 0.0954. The van der Waals surface area contributed by atoms with Crippen LogP contribution in [0.5, 0.6) is 0 Å². The van der Waals surface area contributed by atoms with Gasteiger partial charge in [0.1, 0.15) is 5.82 Å². The summed E-state index contributed by atoms with van der Waals surface area (Å²) in [6.45, 7) is 0.443. The Kier molecular flexibility index (Phi) is 4.47. The van der Waals surface area contributed by atoms with E-state index in [0.717, 1.165) is 11.3 Å². The molecular formula is C18H16FN3O. The van der Waals surface area contributed by atoms with Gasteiger partial charge in [-0.05, 0) is 36.2 Å². The van der Waals surface area contributed by atoms with E-state index in [1.54, 1.807) is 16.9 Å². The third-order valence-corrected chi connectivity index (χ3v) is 3.45. The van der Waals surface area contributed by atoms with E-state index in [4.69, 9.17) is 0 Å². The fourth-order valence-electron chi connectivity index (χ4n) is 2.28. The number of hydrogen-bond acceptors (Lipinski definition) is 2. The van der Waals surface area contributed by atoms with Crippen LogP contribution in [0, 0.1) is 5.82 Å². The third-order valence-electron chi connectivity index (χ3n) is 3.45. The van der Waals surface area contributed by atoms with E-state index < -0.39 is 0 Å². The highest BCUT2D eigenvalue weighted by molar-refractivity contribution is 5.93. The second-order valence-electron chi connectivity index (χ2n) is 5.14. The largest absolute Gasteiger partial charge is 0.352 e. The van der Waals surface area contributed by atoms with Crippen LogP contribution in [0.4, 0.5) is 4.39 Å². The highest BCUT2D eigenvalue weighted by Crippen LogP contribution is 2.08. The molecule has 0 saturated carbocycles. The Labute approximate surface area is 133 Å². The van der Waals surface area contributed by atoms with Crippen LogP contribution >= 0.6 is 0 Å². The normalized spacial score (nSPS) is 10.5. The molecule has 0 fully saturated rings. The van der Waals surface area contributed by atoms with Gasteiger partial charge in [-0.3, -0.25) is 4.79 Å². The molecule has 0 radical (unpaired) electrons. The van der Waals surface area contributed by atoms with Crippen LogP contribution in [-0.4, -0.2) is 22.2 Å². The Hall–Kier alpha value is -2.95. The van der Waals surface area contributed by atoms with Gasteiger partial charge in [0.05, 0.1) is 17.4 Å². The number of aromatic nitrogens is 2. The van der Waals surface area contributed by atoms with Crippen molar-refractivity contribution in [1.29, 1.82) is 0 Å². The van der Waals surface area contributed by atoms with Gasteiger partial charge in [0.2, 0.25) is 0 Å². The average Bonchev–Trinajstić information content (AvgIpc) is 3.06. The summed E-state index contributed by atoms with van der Waals surface area (Å²) in [7, 11) is 0. The Morgan fingerprint density at radius 3 is 2.74 bits per heavy atom. The Balaban J connectivity index is 1.58. The molecule has 1 N–H and O–H groups in total. The number of para-hydroxylation sites is 1. The zero-order valence-electron chi connectivity index (χ0n) is 12.4. The lowest BCUT2D eigenvalue weighted by atomic mass is 10.1. The third kappa shape index (κ3) is 3.83. The number of rotatable bonds is 5. The predicted molar refractivity (Wildman–Crippen MR) is 86.0 cm³/mol. The number of hydrogen-bond donors (Lipinski definition) is 1. The van der Waals surface area contributed by atoms with E-state index in [1.807, 2.05) is 36.4 Å². The smallest absolute Gasteiger partial charge is 0.254 e. The van der Waals surface area contributed by atoms with Crippen molar-refractivity contribution >= 4 is 5.91 Å². The first kappa shape index (κ1) is 15.0. The molecule has 0 unspecified atom stereocenters. The van der Waals surface area contributed by atoms with Crippen LogP contribution in [0.2, 0.25) is 0 Å². The summed E-state index contributed by atoms with van der Waals surface area (Å²) >= 11 is 0. The summed E-state index contributed by atoms with van der Waals surface area (Å²) in [6.07, 6.45) is 3.80. The maximum absolute atomic E-state index is 13.1. The van der Waals surface area contributed by atoms with Crippen molar-refractivity contribution in [1.82, 2.24) is 15.1 Å². The Morgan fingerprint density at radius 2 is 1.96 bits per heavy atom. The van der Waals surface area contributed by atoms with Crippen LogP contribution in [0.3, 0.4) is 0 Å². The molecule has 4 nitrogen and oxygen atoms in total. The SMILES string of the molecule is O=C(NCCc1cccc(F)c1)c1cnn(-c2ccccc2)c1.